The van der Waals surface area contributed by atoms with Crippen LogP contribution in [0.3, 0.4) is 0 Å². The number of rotatable bonds is 6. The summed E-state index contributed by atoms with van der Waals surface area (Å²) >= 11 is 0. The largest absolute Gasteiger partial charge is 0.375 e. The zero-order valence-electron chi connectivity index (χ0n) is 14.1. The predicted octanol–water partition coefficient (Wildman–Crippen LogP) is 1.85. The monoisotopic (exact) mass is 357 g/mol. The van der Waals surface area contributed by atoms with Crippen LogP contribution < -0.4 is 4.90 Å². The molecule has 0 aliphatic carbocycles. The van der Waals surface area contributed by atoms with Crippen molar-refractivity contribution in [2.75, 3.05) is 37.7 Å². The molecule has 134 valence electrons. The van der Waals surface area contributed by atoms with E-state index in [-0.39, 0.29) is 16.7 Å². The van der Waals surface area contributed by atoms with E-state index in [4.69, 9.17) is 4.74 Å². The molecule has 0 N–H and O–H groups in total. The summed E-state index contributed by atoms with van der Waals surface area (Å²) in [4.78, 5) is 12.8. The Morgan fingerprint density at radius 1 is 1.38 bits per heavy atom. The third-order valence-corrected chi connectivity index (χ3v) is 6.11. The molecule has 0 aromatic heterocycles. The Morgan fingerprint density at radius 2 is 2.04 bits per heavy atom. The highest BCUT2D eigenvalue weighted by atomic mass is 32.2. The first-order chi connectivity index (χ1) is 11.3. The standard InChI is InChI=1S/C15H23N3O5S/c1-4-17(5-2)24(21,22)13-6-7-14(15(10-13)18(19)20)16-8-9-23-12(3)11-16/h6-7,10,12H,4-5,8-9,11H2,1-3H3. The van der Waals surface area contributed by atoms with Crippen molar-refractivity contribution in [1.82, 2.24) is 4.31 Å². The summed E-state index contributed by atoms with van der Waals surface area (Å²) < 4.78 is 31.9. The Morgan fingerprint density at radius 3 is 2.58 bits per heavy atom. The van der Waals surface area contributed by atoms with Crippen LogP contribution >= 0.6 is 0 Å². The van der Waals surface area contributed by atoms with Crippen LogP contribution in [-0.4, -0.2) is 56.5 Å². The van der Waals surface area contributed by atoms with Crippen LogP contribution in [0.5, 0.6) is 0 Å². The highest BCUT2D eigenvalue weighted by Crippen LogP contribution is 2.32. The number of morpholine rings is 1. The number of benzene rings is 1. The normalized spacial score (nSPS) is 18.8. The van der Waals surface area contributed by atoms with E-state index in [0.717, 1.165) is 6.07 Å². The number of sulfonamides is 1. The van der Waals surface area contributed by atoms with Crippen LogP contribution in [-0.2, 0) is 14.8 Å². The third kappa shape index (κ3) is 3.68. The van der Waals surface area contributed by atoms with Gasteiger partial charge in [0.05, 0.1) is 22.5 Å². The lowest BCUT2D eigenvalue weighted by Crippen LogP contribution is -2.41. The molecule has 1 aromatic rings. The molecule has 1 aliphatic rings. The molecule has 0 spiro atoms. The van der Waals surface area contributed by atoms with Crippen molar-refractivity contribution in [3.8, 4) is 0 Å². The Hall–Kier alpha value is -1.71. The topological polar surface area (TPSA) is 93.0 Å². The highest BCUT2D eigenvalue weighted by molar-refractivity contribution is 7.89. The quantitative estimate of drug-likeness (QED) is 0.570. The van der Waals surface area contributed by atoms with Gasteiger partial charge in [0.1, 0.15) is 5.69 Å². The van der Waals surface area contributed by atoms with Gasteiger partial charge in [-0.1, -0.05) is 13.8 Å². The highest BCUT2D eigenvalue weighted by Gasteiger charge is 2.28. The van der Waals surface area contributed by atoms with Crippen LogP contribution in [0.1, 0.15) is 20.8 Å². The Labute approximate surface area is 142 Å². The lowest BCUT2D eigenvalue weighted by molar-refractivity contribution is -0.384. The van der Waals surface area contributed by atoms with E-state index in [9.17, 15) is 18.5 Å². The maximum absolute atomic E-state index is 12.6. The van der Waals surface area contributed by atoms with E-state index in [0.29, 0.717) is 38.5 Å². The number of ether oxygens (including phenoxy) is 1. The number of hydrogen-bond acceptors (Lipinski definition) is 6. The average Bonchev–Trinajstić information content (AvgIpc) is 2.55. The molecule has 0 radical (unpaired) electrons. The molecule has 0 amide bonds. The third-order valence-electron chi connectivity index (χ3n) is 4.07. The fourth-order valence-corrected chi connectivity index (χ4v) is 4.31. The number of nitro benzene ring substituents is 1. The van der Waals surface area contributed by atoms with Crippen molar-refractivity contribution in [2.45, 2.75) is 31.8 Å². The van der Waals surface area contributed by atoms with Gasteiger partial charge in [-0.2, -0.15) is 4.31 Å². The van der Waals surface area contributed by atoms with Crippen molar-refractivity contribution >= 4 is 21.4 Å². The lowest BCUT2D eigenvalue weighted by atomic mass is 10.2. The van der Waals surface area contributed by atoms with Crippen molar-refractivity contribution < 1.29 is 18.1 Å². The molecule has 1 saturated heterocycles. The minimum atomic E-state index is -3.73. The molecular weight excluding hydrogens is 334 g/mol. The summed E-state index contributed by atoms with van der Waals surface area (Å²) in [6.45, 7) is 7.55. The summed E-state index contributed by atoms with van der Waals surface area (Å²) in [5, 5.41) is 11.5. The number of nitro groups is 1. The first-order valence-electron chi connectivity index (χ1n) is 7.96. The van der Waals surface area contributed by atoms with Gasteiger partial charge in [-0.15, -0.1) is 0 Å². The van der Waals surface area contributed by atoms with Crippen LogP contribution in [0, 0.1) is 10.1 Å². The second-order valence-corrected chi connectivity index (χ2v) is 7.56. The Balaban J connectivity index is 2.45. The van der Waals surface area contributed by atoms with E-state index in [1.54, 1.807) is 13.8 Å². The van der Waals surface area contributed by atoms with Gasteiger partial charge in [0.25, 0.3) is 5.69 Å². The molecule has 9 heteroatoms. The molecule has 0 saturated carbocycles. The Kier molecular flexibility index (Phi) is 5.79. The van der Waals surface area contributed by atoms with Crippen LogP contribution in [0.25, 0.3) is 0 Å². The minimum absolute atomic E-state index is 0.0302. The zero-order valence-corrected chi connectivity index (χ0v) is 15.0. The van der Waals surface area contributed by atoms with E-state index >= 15 is 0 Å². The molecule has 8 nitrogen and oxygen atoms in total. The smallest absolute Gasteiger partial charge is 0.293 e. The van der Waals surface area contributed by atoms with Gasteiger partial charge in [-0.05, 0) is 19.1 Å². The second-order valence-electron chi connectivity index (χ2n) is 5.62. The molecule has 1 unspecified atom stereocenters. The van der Waals surface area contributed by atoms with Gasteiger partial charge in [0.15, 0.2) is 0 Å². The number of nitrogens with zero attached hydrogens (tertiary/aromatic N) is 3. The van der Waals surface area contributed by atoms with E-state index in [2.05, 4.69) is 0 Å². The van der Waals surface area contributed by atoms with Gasteiger partial charge in [0, 0.05) is 32.2 Å². The van der Waals surface area contributed by atoms with E-state index in [1.807, 2.05) is 11.8 Å². The summed E-state index contributed by atoms with van der Waals surface area (Å²) in [6.07, 6.45) is -0.0302. The fourth-order valence-electron chi connectivity index (χ4n) is 2.83. The van der Waals surface area contributed by atoms with Gasteiger partial charge in [-0.3, -0.25) is 10.1 Å². The first-order valence-corrected chi connectivity index (χ1v) is 9.40. The summed E-state index contributed by atoms with van der Waals surface area (Å²) in [5.74, 6) is 0. The molecular formula is C15H23N3O5S. The molecule has 1 aromatic carbocycles. The maximum atomic E-state index is 12.6. The van der Waals surface area contributed by atoms with Crippen molar-refractivity contribution in [1.29, 1.82) is 0 Å². The molecule has 1 atom stereocenters. The van der Waals surface area contributed by atoms with Crippen molar-refractivity contribution in [3.05, 3.63) is 28.3 Å². The lowest BCUT2D eigenvalue weighted by Gasteiger charge is -2.32. The maximum Gasteiger partial charge on any atom is 0.293 e. The summed E-state index contributed by atoms with van der Waals surface area (Å²) in [7, 11) is -3.73. The van der Waals surface area contributed by atoms with E-state index < -0.39 is 14.9 Å². The molecule has 1 aliphatic heterocycles. The molecule has 2 rings (SSSR count). The molecule has 24 heavy (non-hydrogen) atoms. The van der Waals surface area contributed by atoms with Gasteiger partial charge in [0.2, 0.25) is 10.0 Å². The van der Waals surface area contributed by atoms with Crippen molar-refractivity contribution in [3.63, 3.8) is 0 Å². The predicted molar refractivity (Wildman–Crippen MR) is 90.8 cm³/mol. The van der Waals surface area contributed by atoms with Crippen molar-refractivity contribution in [2.24, 2.45) is 0 Å². The first kappa shape index (κ1) is 18.6. The van der Waals surface area contributed by atoms with Gasteiger partial charge < -0.3 is 9.64 Å². The average molecular weight is 357 g/mol. The summed E-state index contributed by atoms with van der Waals surface area (Å²) in [6, 6.07) is 4.12. The molecule has 1 heterocycles. The zero-order chi connectivity index (χ0) is 17.9. The van der Waals surface area contributed by atoms with Crippen LogP contribution in [0.4, 0.5) is 11.4 Å². The van der Waals surface area contributed by atoms with Gasteiger partial charge in [-0.25, -0.2) is 8.42 Å². The number of anilines is 1. The van der Waals surface area contributed by atoms with Crippen LogP contribution in [0.2, 0.25) is 0 Å². The fraction of sp³-hybridized carbons (Fsp3) is 0.600. The van der Waals surface area contributed by atoms with Crippen LogP contribution in [0.15, 0.2) is 23.1 Å². The molecule has 1 fully saturated rings. The van der Waals surface area contributed by atoms with Gasteiger partial charge >= 0.3 is 0 Å². The minimum Gasteiger partial charge on any atom is -0.375 e. The Bertz CT molecular complexity index is 703. The van der Waals surface area contributed by atoms with E-state index in [1.165, 1.54) is 16.4 Å². The SMILES string of the molecule is CCN(CC)S(=O)(=O)c1ccc(N2CCOC(C)C2)c([N+](=O)[O-])c1. The molecule has 0 bridgehead atoms. The second kappa shape index (κ2) is 7.45. The number of hydrogen-bond donors (Lipinski definition) is 0. The summed E-state index contributed by atoms with van der Waals surface area (Å²) in [5.41, 5.74) is 0.228.